The first kappa shape index (κ1) is 11.4. The molecule has 4 nitrogen and oxygen atoms in total. The van der Waals surface area contributed by atoms with Crippen LogP contribution in [0.2, 0.25) is 0 Å². The highest BCUT2D eigenvalue weighted by Gasteiger charge is 2.33. The summed E-state index contributed by atoms with van der Waals surface area (Å²) < 4.78 is 0. The zero-order chi connectivity index (χ0) is 11.7. The van der Waals surface area contributed by atoms with E-state index in [9.17, 15) is 4.79 Å². The number of aliphatic carboxylic acids is 1. The van der Waals surface area contributed by atoms with Gasteiger partial charge in [0.25, 0.3) is 0 Å². The van der Waals surface area contributed by atoms with Crippen molar-refractivity contribution in [3.8, 4) is 0 Å². The van der Waals surface area contributed by atoms with Crippen LogP contribution in [-0.4, -0.2) is 22.1 Å². The van der Waals surface area contributed by atoms with Gasteiger partial charge in [0, 0.05) is 10.9 Å². The zero-order valence-electron chi connectivity index (χ0n) is 9.49. The van der Waals surface area contributed by atoms with Crippen molar-refractivity contribution in [3.05, 3.63) is 10.6 Å². The Kier molecular flexibility index (Phi) is 3.14. The number of nitrogens with one attached hydrogen (secondary N) is 1. The van der Waals surface area contributed by atoms with E-state index in [2.05, 4.69) is 10.3 Å². The maximum absolute atomic E-state index is 11.0. The fourth-order valence-electron chi connectivity index (χ4n) is 2.12. The van der Waals surface area contributed by atoms with Crippen LogP contribution in [0.5, 0.6) is 0 Å². The minimum atomic E-state index is -0.694. The Morgan fingerprint density at radius 3 is 2.81 bits per heavy atom. The molecule has 0 amide bonds. The van der Waals surface area contributed by atoms with E-state index in [4.69, 9.17) is 5.11 Å². The standard InChI is InChI=1S/C11H16N2O2S/c1-6-7(2)16-11(12-6)13-9-5-3-4-8(9)10(14)15/h8-9H,3-5H2,1-2H3,(H,12,13)(H,14,15). The van der Waals surface area contributed by atoms with Crippen LogP contribution < -0.4 is 5.32 Å². The molecule has 1 heterocycles. The lowest BCUT2D eigenvalue weighted by Crippen LogP contribution is -2.29. The lowest BCUT2D eigenvalue weighted by molar-refractivity contribution is -0.141. The predicted octanol–water partition coefficient (Wildman–Crippen LogP) is 2.43. The van der Waals surface area contributed by atoms with Gasteiger partial charge in [0.05, 0.1) is 11.6 Å². The third-order valence-corrected chi connectivity index (χ3v) is 4.17. The van der Waals surface area contributed by atoms with Crippen LogP contribution >= 0.6 is 11.3 Å². The number of anilines is 1. The zero-order valence-corrected chi connectivity index (χ0v) is 10.3. The topological polar surface area (TPSA) is 62.2 Å². The van der Waals surface area contributed by atoms with Gasteiger partial charge in [0.1, 0.15) is 0 Å². The van der Waals surface area contributed by atoms with E-state index in [1.807, 2.05) is 13.8 Å². The molecule has 1 aliphatic rings. The number of rotatable bonds is 3. The van der Waals surface area contributed by atoms with Crippen molar-refractivity contribution in [2.75, 3.05) is 5.32 Å². The van der Waals surface area contributed by atoms with Crippen molar-refractivity contribution in [3.63, 3.8) is 0 Å². The highest BCUT2D eigenvalue weighted by Crippen LogP contribution is 2.30. The molecule has 2 rings (SSSR count). The molecular formula is C11H16N2O2S. The Labute approximate surface area is 98.7 Å². The summed E-state index contributed by atoms with van der Waals surface area (Å²) in [6.07, 6.45) is 2.68. The third-order valence-electron chi connectivity index (χ3n) is 3.17. The van der Waals surface area contributed by atoms with Crippen LogP contribution in [0, 0.1) is 19.8 Å². The minimum Gasteiger partial charge on any atom is -0.481 e. The van der Waals surface area contributed by atoms with E-state index in [-0.39, 0.29) is 12.0 Å². The number of hydrogen-bond donors (Lipinski definition) is 2. The molecule has 2 N–H and O–H groups in total. The average Bonchev–Trinajstić information content (AvgIpc) is 2.75. The second-order valence-electron chi connectivity index (χ2n) is 4.29. The summed E-state index contributed by atoms with van der Waals surface area (Å²) in [5.74, 6) is -0.954. The number of hydrogen-bond acceptors (Lipinski definition) is 4. The normalized spacial score (nSPS) is 24.6. The molecule has 1 aromatic heterocycles. The SMILES string of the molecule is Cc1nc(NC2CCCC2C(=O)O)sc1C. The molecule has 1 aromatic rings. The Hall–Kier alpha value is -1.10. The molecule has 5 heteroatoms. The maximum atomic E-state index is 11.0. The third kappa shape index (κ3) is 2.19. The molecule has 0 spiro atoms. The maximum Gasteiger partial charge on any atom is 0.308 e. The molecule has 16 heavy (non-hydrogen) atoms. The van der Waals surface area contributed by atoms with Crippen LogP contribution in [0.25, 0.3) is 0 Å². The van der Waals surface area contributed by atoms with E-state index in [1.165, 1.54) is 4.88 Å². The first-order valence-corrected chi connectivity index (χ1v) is 6.33. The molecule has 2 unspecified atom stereocenters. The minimum absolute atomic E-state index is 0.0439. The Bertz CT molecular complexity index is 383. The molecule has 0 saturated heterocycles. The molecular weight excluding hydrogens is 224 g/mol. The Morgan fingerprint density at radius 1 is 1.50 bits per heavy atom. The number of thiazole rings is 1. The molecule has 0 aromatic carbocycles. The summed E-state index contributed by atoms with van der Waals surface area (Å²) in [7, 11) is 0. The van der Waals surface area contributed by atoms with Gasteiger partial charge in [-0.3, -0.25) is 4.79 Å². The van der Waals surface area contributed by atoms with E-state index in [0.29, 0.717) is 0 Å². The van der Waals surface area contributed by atoms with E-state index < -0.39 is 5.97 Å². The first-order chi connectivity index (χ1) is 7.58. The summed E-state index contributed by atoms with van der Waals surface area (Å²) in [4.78, 5) is 16.6. The summed E-state index contributed by atoms with van der Waals surface area (Å²) in [6, 6.07) is 0.0439. The summed E-state index contributed by atoms with van der Waals surface area (Å²) >= 11 is 1.60. The van der Waals surface area contributed by atoms with Gasteiger partial charge in [-0.2, -0.15) is 0 Å². The summed E-state index contributed by atoms with van der Waals surface area (Å²) in [6.45, 7) is 4.00. The fraction of sp³-hybridized carbons (Fsp3) is 0.636. The number of nitrogens with zero attached hydrogens (tertiary/aromatic N) is 1. The van der Waals surface area contributed by atoms with E-state index >= 15 is 0 Å². The monoisotopic (exact) mass is 240 g/mol. The molecule has 0 radical (unpaired) electrons. The van der Waals surface area contributed by atoms with Gasteiger partial charge < -0.3 is 10.4 Å². The second kappa shape index (κ2) is 4.41. The van der Waals surface area contributed by atoms with Crippen molar-refractivity contribution in [2.24, 2.45) is 5.92 Å². The summed E-state index contributed by atoms with van der Waals surface area (Å²) in [5, 5.41) is 13.2. The molecule has 0 aliphatic heterocycles. The largest absolute Gasteiger partial charge is 0.481 e. The van der Waals surface area contributed by atoms with Crippen LogP contribution in [0.3, 0.4) is 0 Å². The van der Waals surface area contributed by atoms with Crippen LogP contribution in [0.15, 0.2) is 0 Å². The van der Waals surface area contributed by atoms with E-state index in [0.717, 1.165) is 30.1 Å². The highest BCUT2D eigenvalue weighted by molar-refractivity contribution is 7.15. The molecule has 1 saturated carbocycles. The van der Waals surface area contributed by atoms with Crippen molar-refractivity contribution < 1.29 is 9.90 Å². The molecule has 88 valence electrons. The molecule has 0 bridgehead atoms. The van der Waals surface area contributed by atoms with Crippen LogP contribution in [-0.2, 0) is 4.79 Å². The average molecular weight is 240 g/mol. The number of carboxylic acids is 1. The van der Waals surface area contributed by atoms with Gasteiger partial charge in [0.2, 0.25) is 0 Å². The van der Waals surface area contributed by atoms with Gasteiger partial charge >= 0.3 is 5.97 Å². The lowest BCUT2D eigenvalue weighted by Gasteiger charge is -2.16. The quantitative estimate of drug-likeness (QED) is 0.851. The van der Waals surface area contributed by atoms with Crippen molar-refractivity contribution >= 4 is 22.4 Å². The Morgan fingerprint density at radius 2 is 2.25 bits per heavy atom. The van der Waals surface area contributed by atoms with Crippen molar-refractivity contribution in [1.29, 1.82) is 0 Å². The lowest BCUT2D eigenvalue weighted by atomic mass is 10.0. The predicted molar refractivity (Wildman–Crippen MR) is 64.0 cm³/mol. The van der Waals surface area contributed by atoms with Crippen LogP contribution in [0.1, 0.15) is 29.8 Å². The van der Waals surface area contributed by atoms with Crippen molar-refractivity contribution in [1.82, 2.24) is 4.98 Å². The van der Waals surface area contributed by atoms with Crippen molar-refractivity contribution in [2.45, 2.75) is 39.2 Å². The molecule has 2 atom stereocenters. The van der Waals surface area contributed by atoms with Gasteiger partial charge in [-0.1, -0.05) is 6.42 Å². The van der Waals surface area contributed by atoms with Gasteiger partial charge in [-0.25, -0.2) is 4.98 Å². The number of carbonyl (C=O) groups is 1. The smallest absolute Gasteiger partial charge is 0.308 e. The van der Waals surface area contributed by atoms with Gasteiger partial charge in [-0.05, 0) is 26.7 Å². The van der Waals surface area contributed by atoms with Gasteiger partial charge in [-0.15, -0.1) is 11.3 Å². The Balaban J connectivity index is 2.06. The number of aromatic nitrogens is 1. The number of carboxylic acid groups (broad SMARTS) is 1. The second-order valence-corrected chi connectivity index (χ2v) is 5.49. The number of aryl methyl sites for hydroxylation is 2. The van der Waals surface area contributed by atoms with E-state index in [1.54, 1.807) is 11.3 Å². The summed E-state index contributed by atoms with van der Waals surface area (Å²) in [5.41, 5.74) is 1.03. The molecule has 1 fully saturated rings. The van der Waals surface area contributed by atoms with Crippen LogP contribution in [0.4, 0.5) is 5.13 Å². The van der Waals surface area contributed by atoms with Gasteiger partial charge in [0.15, 0.2) is 5.13 Å². The first-order valence-electron chi connectivity index (χ1n) is 5.51. The fourth-order valence-corrected chi connectivity index (χ4v) is 3.00. The molecule has 1 aliphatic carbocycles. The highest BCUT2D eigenvalue weighted by atomic mass is 32.1.